The first-order chi connectivity index (χ1) is 13.7. The highest BCUT2D eigenvalue weighted by Gasteiger charge is 2.36. The molecule has 0 saturated carbocycles. The SMILES string of the molecule is CC1CC(Cl)(c2cccc(S(=O)(=O)c3ccc4c(c3)CCC(=O)N4C)c2)CCO1. The van der Waals surface area contributed by atoms with Crippen molar-refractivity contribution in [2.75, 3.05) is 18.6 Å². The summed E-state index contributed by atoms with van der Waals surface area (Å²) in [4.78, 5) is 13.3. The van der Waals surface area contributed by atoms with Gasteiger partial charge in [-0.25, -0.2) is 8.42 Å². The Kier molecular flexibility index (Phi) is 5.21. The summed E-state index contributed by atoms with van der Waals surface area (Å²) < 4.78 is 32.2. The molecule has 2 aliphatic rings. The van der Waals surface area contributed by atoms with Crippen molar-refractivity contribution in [3.8, 4) is 0 Å². The lowest BCUT2D eigenvalue weighted by molar-refractivity contribution is -0.118. The fourth-order valence-corrected chi connectivity index (χ4v) is 5.95. The molecule has 0 aliphatic carbocycles. The molecule has 154 valence electrons. The maximum atomic E-state index is 13.3. The number of rotatable bonds is 3. The first-order valence-electron chi connectivity index (χ1n) is 9.76. The number of hydrogen-bond donors (Lipinski definition) is 0. The zero-order valence-electron chi connectivity index (χ0n) is 16.5. The van der Waals surface area contributed by atoms with Crippen molar-refractivity contribution in [2.45, 2.75) is 53.4 Å². The van der Waals surface area contributed by atoms with Crippen LogP contribution in [-0.4, -0.2) is 34.1 Å². The van der Waals surface area contributed by atoms with Gasteiger partial charge in [0, 0.05) is 25.8 Å². The Balaban J connectivity index is 1.71. The molecule has 7 heteroatoms. The number of aryl methyl sites for hydroxylation is 1. The van der Waals surface area contributed by atoms with E-state index in [1.807, 2.05) is 13.0 Å². The number of fused-ring (bicyclic) bond motifs is 1. The third-order valence-corrected chi connectivity index (χ3v) is 8.19. The van der Waals surface area contributed by atoms with Crippen LogP contribution in [0.4, 0.5) is 5.69 Å². The van der Waals surface area contributed by atoms with Gasteiger partial charge in [0.2, 0.25) is 15.7 Å². The Morgan fingerprint density at radius 2 is 1.90 bits per heavy atom. The molecule has 0 spiro atoms. The summed E-state index contributed by atoms with van der Waals surface area (Å²) in [5.74, 6) is 0.0407. The van der Waals surface area contributed by atoms with Crippen molar-refractivity contribution in [3.05, 3.63) is 53.6 Å². The number of sulfone groups is 1. The fraction of sp³-hybridized carbons (Fsp3) is 0.409. The molecule has 0 radical (unpaired) electrons. The third kappa shape index (κ3) is 3.69. The summed E-state index contributed by atoms with van der Waals surface area (Å²) in [5.41, 5.74) is 2.44. The molecule has 2 heterocycles. The van der Waals surface area contributed by atoms with Crippen LogP contribution in [0.3, 0.4) is 0 Å². The van der Waals surface area contributed by atoms with Crippen LogP contribution in [-0.2, 0) is 30.7 Å². The van der Waals surface area contributed by atoms with Crippen LogP contribution >= 0.6 is 11.6 Å². The van der Waals surface area contributed by atoms with Crippen molar-refractivity contribution < 1.29 is 17.9 Å². The summed E-state index contributed by atoms with van der Waals surface area (Å²) >= 11 is 6.88. The van der Waals surface area contributed by atoms with E-state index >= 15 is 0 Å². The highest BCUT2D eigenvalue weighted by molar-refractivity contribution is 7.91. The van der Waals surface area contributed by atoms with E-state index in [1.165, 1.54) is 0 Å². The van der Waals surface area contributed by atoms with Crippen molar-refractivity contribution in [2.24, 2.45) is 0 Å². The molecule has 0 N–H and O–H groups in total. The van der Waals surface area contributed by atoms with Crippen LogP contribution in [0.15, 0.2) is 52.3 Å². The topological polar surface area (TPSA) is 63.7 Å². The van der Waals surface area contributed by atoms with E-state index in [0.717, 1.165) is 16.8 Å². The molecular weight excluding hydrogens is 410 g/mol. The molecule has 2 unspecified atom stereocenters. The van der Waals surface area contributed by atoms with Crippen LogP contribution in [0, 0.1) is 0 Å². The molecule has 1 amide bonds. The normalized spacial score (nSPS) is 25.0. The van der Waals surface area contributed by atoms with E-state index in [-0.39, 0.29) is 21.8 Å². The largest absolute Gasteiger partial charge is 0.378 e. The van der Waals surface area contributed by atoms with Crippen LogP contribution in [0.5, 0.6) is 0 Å². The van der Waals surface area contributed by atoms with Crippen LogP contribution in [0.1, 0.15) is 37.3 Å². The molecule has 29 heavy (non-hydrogen) atoms. The van der Waals surface area contributed by atoms with Crippen molar-refractivity contribution in [1.29, 1.82) is 0 Å². The number of carbonyl (C=O) groups excluding carboxylic acids is 1. The number of hydrogen-bond acceptors (Lipinski definition) is 4. The molecule has 1 fully saturated rings. The molecule has 2 aromatic rings. The van der Waals surface area contributed by atoms with Gasteiger partial charge in [-0.2, -0.15) is 0 Å². The van der Waals surface area contributed by atoms with Gasteiger partial charge in [0.25, 0.3) is 0 Å². The Hall–Kier alpha value is -1.89. The molecule has 0 bridgehead atoms. The van der Waals surface area contributed by atoms with Crippen molar-refractivity contribution in [1.82, 2.24) is 0 Å². The van der Waals surface area contributed by atoms with E-state index in [9.17, 15) is 13.2 Å². The summed E-state index contributed by atoms with van der Waals surface area (Å²) in [6.07, 6.45) is 2.24. The molecule has 2 aromatic carbocycles. The van der Waals surface area contributed by atoms with Gasteiger partial charge in [-0.3, -0.25) is 4.79 Å². The van der Waals surface area contributed by atoms with Gasteiger partial charge in [-0.15, -0.1) is 11.6 Å². The summed E-state index contributed by atoms with van der Waals surface area (Å²) in [6.45, 7) is 2.53. The van der Waals surface area contributed by atoms with Gasteiger partial charge >= 0.3 is 0 Å². The third-order valence-electron chi connectivity index (χ3n) is 5.88. The smallest absolute Gasteiger partial charge is 0.227 e. The number of anilines is 1. The van der Waals surface area contributed by atoms with Crippen molar-refractivity contribution in [3.63, 3.8) is 0 Å². The second-order valence-corrected chi connectivity index (χ2v) is 10.5. The highest BCUT2D eigenvalue weighted by Crippen LogP contribution is 2.42. The lowest BCUT2D eigenvalue weighted by atomic mass is 9.88. The Labute approximate surface area is 176 Å². The minimum Gasteiger partial charge on any atom is -0.378 e. The van der Waals surface area contributed by atoms with E-state index < -0.39 is 14.7 Å². The average molecular weight is 434 g/mol. The molecule has 5 nitrogen and oxygen atoms in total. The maximum Gasteiger partial charge on any atom is 0.227 e. The zero-order valence-corrected chi connectivity index (χ0v) is 18.1. The number of nitrogens with zero attached hydrogens (tertiary/aromatic N) is 1. The quantitative estimate of drug-likeness (QED) is 0.684. The predicted molar refractivity (Wildman–Crippen MR) is 112 cm³/mol. The van der Waals surface area contributed by atoms with Crippen LogP contribution in [0.25, 0.3) is 0 Å². The van der Waals surface area contributed by atoms with Gasteiger partial charge in [-0.1, -0.05) is 12.1 Å². The van der Waals surface area contributed by atoms with E-state index in [4.69, 9.17) is 16.3 Å². The first-order valence-corrected chi connectivity index (χ1v) is 11.6. The zero-order chi connectivity index (χ0) is 20.8. The average Bonchev–Trinajstić information content (AvgIpc) is 2.70. The summed E-state index contributed by atoms with van der Waals surface area (Å²) in [6, 6.07) is 11.9. The number of benzene rings is 2. The Morgan fingerprint density at radius 3 is 2.66 bits per heavy atom. The van der Waals surface area contributed by atoms with E-state index in [0.29, 0.717) is 32.3 Å². The van der Waals surface area contributed by atoms with Crippen LogP contribution in [0.2, 0.25) is 0 Å². The first kappa shape index (κ1) is 20.4. The standard InChI is InChI=1S/C22H24ClNO4S/c1-15-14-22(23,10-11-28-15)17-4-3-5-18(13-17)29(26,27)19-7-8-20-16(12-19)6-9-21(25)24(20)2/h3-5,7-8,12-13,15H,6,9-11,14H2,1-2H3. The lowest BCUT2D eigenvalue weighted by Gasteiger charge is -2.35. The lowest BCUT2D eigenvalue weighted by Crippen LogP contribution is -2.33. The molecular formula is C22H24ClNO4S. The van der Waals surface area contributed by atoms with Gasteiger partial charge in [0.05, 0.1) is 20.8 Å². The highest BCUT2D eigenvalue weighted by atomic mass is 35.5. The summed E-state index contributed by atoms with van der Waals surface area (Å²) in [7, 11) is -1.98. The van der Waals surface area contributed by atoms with Gasteiger partial charge in [0.15, 0.2) is 0 Å². The number of alkyl halides is 1. The molecule has 0 aromatic heterocycles. The number of carbonyl (C=O) groups is 1. The van der Waals surface area contributed by atoms with Gasteiger partial charge in [0.1, 0.15) is 0 Å². The molecule has 2 aliphatic heterocycles. The Bertz CT molecular complexity index is 1070. The van der Waals surface area contributed by atoms with Crippen LogP contribution < -0.4 is 4.90 Å². The second-order valence-electron chi connectivity index (χ2n) is 7.88. The molecule has 4 rings (SSSR count). The minimum atomic E-state index is -3.70. The Morgan fingerprint density at radius 1 is 1.14 bits per heavy atom. The number of halogens is 1. The molecule has 1 saturated heterocycles. The number of ether oxygens (including phenoxy) is 1. The van der Waals surface area contributed by atoms with Gasteiger partial charge in [-0.05, 0) is 67.6 Å². The fourth-order valence-electron chi connectivity index (χ4n) is 4.18. The minimum absolute atomic E-state index is 0.0295. The second kappa shape index (κ2) is 7.42. The molecule has 2 atom stereocenters. The maximum absolute atomic E-state index is 13.3. The van der Waals surface area contributed by atoms with E-state index in [1.54, 1.807) is 48.3 Å². The van der Waals surface area contributed by atoms with Gasteiger partial charge < -0.3 is 9.64 Å². The van der Waals surface area contributed by atoms with Crippen molar-refractivity contribution >= 4 is 33.0 Å². The van der Waals surface area contributed by atoms with E-state index in [2.05, 4.69) is 0 Å². The monoisotopic (exact) mass is 433 g/mol. The predicted octanol–water partition coefficient (Wildman–Crippen LogP) is 4.06. The summed E-state index contributed by atoms with van der Waals surface area (Å²) in [5, 5.41) is 0. The number of amides is 1.